The maximum absolute atomic E-state index is 14.0. The number of imide groups is 1. The quantitative estimate of drug-likeness (QED) is 0.620. The molecule has 2 aromatic rings. The van der Waals surface area contributed by atoms with Crippen molar-refractivity contribution in [1.82, 2.24) is 10.6 Å². The fourth-order valence-electron chi connectivity index (χ4n) is 2.79. The summed E-state index contributed by atoms with van der Waals surface area (Å²) in [4.78, 5) is 37.2. The van der Waals surface area contributed by atoms with Crippen LogP contribution in [0.15, 0.2) is 48.5 Å². The standard InChI is InChI=1S/C18H13F4N3O3/c1-10-6-2-3-7-11(10)14(26)23-17(18(20,21)22)15(27)25(16(28)24-17)13-9-5-4-8-12(13)19/h2-9H,1H3,(H,23,26)(H,24,28)/t17-/m1/s1. The lowest BCUT2D eigenvalue weighted by Gasteiger charge is -2.30. The Morgan fingerprint density at radius 2 is 1.68 bits per heavy atom. The Hall–Kier alpha value is -3.43. The van der Waals surface area contributed by atoms with E-state index in [0.717, 1.165) is 12.1 Å². The number of alkyl halides is 3. The van der Waals surface area contributed by atoms with Crippen LogP contribution in [0.3, 0.4) is 0 Å². The number of carbonyl (C=O) groups excluding carboxylic acids is 3. The van der Waals surface area contributed by atoms with Gasteiger partial charge in [-0.1, -0.05) is 30.3 Å². The van der Waals surface area contributed by atoms with Crippen molar-refractivity contribution < 1.29 is 31.9 Å². The van der Waals surface area contributed by atoms with Gasteiger partial charge in [-0.3, -0.25) is 14.9 Å². The van der Waals surface area contributed by atoms with E-state index >= 15 is 0 Å². The monoisotopic (exact) mass is 395 g/mol. The predicted octanol–water partition coefficient (Wildman–Crippen LogP) is 2.88. The third-order valence-corrected chi connectivity index (χ3v) is 4.23. The number of benzene rings is 2. The van der Waals surface area contributed by atoms with Crippen LogP contribution >= 0.6 is 0 Å². The van der Waals surface area contributed by atoms with Crippen LogP contribution in [0, 0.1) is 12.7 Å². The Labute approximate surface area is 156 Å². The first-order valence-electron chi connectivity index (χ1n) is 7.94. The van der Waals surface area contributed by atoms with Crippen LogP contribution in [-0.2, 0) is 4.79 Å². The van der Waals surface area contributed by atoms with Crippen molar-refractivity contribution in [3.63, 3.8) is 0 Å². The molecule has 0 aliphatic carbocycles. The third-order valence-electron chi connectivity index (χ3n) is 4.23. The first kappa shape index (κ1) is 19.3. The van der Waals surface area contributed by atoms with Crippen molar-refractivity contribution in [3.05, 3.63) is 65.5 Å². The number of nitrogens with one attached hydrogen (secondary N) is 2. The maximum atomic E-state index is 14.0. The summed E-state index contributed by atoms with van der Waals surface area (Å²) in [5.41, 5.74) is -4.15. The zero-order chi connectivity index (χ0) is 20.7. The molecule has 2 aromatic carbocycles. The van der Waals surface area contributed by atoms with Gasteiger partial charge < -0.3 is 5.32 Å². The molecular weight excluding hydrogens is 382 g/mol. The smallest absolute Gasteiger partial charge is 0.314 e. The Bertz CT molecular complexity index is 977. The van der Waals surface area contributed by atoms with E-state index in [4.69, 9.17) is 0 Å². The second kappa shape index (κ2) is 6.63. The summed E-state index contributed by atoms with van der Waals surface area (Å²) >= 11 is 0. The van der Waals surface area contributed by atoms with Gasteiger partial charge in [0, 0.05) is 5.56 Å². The molecule has 1 saturated heterocycles. The number of amides is 4. The van der Waals surface area contributed by atoms with E-state index in [-0.39, 0.29) is 10.5 Å². The zero-order valence-corrected chi connectivity index (χ0v) is 14.3. The Morgan fingerprint density at radius 1 is 1.07 bits per heavy atom. The minimum atomic E-state index is -5.39. The summed E-state index contributed by atoms with van der Waals surface area (Å²) in [5.74, 6) is -4.16. The van der Waals surface area contributed by atoms with Gasteiger partial charge in [0.05, 0.1) is 5.69 Å². The van der Waals surface area contributed by atoms with Crippen LogP contribution < -0.4 is 15.5 Å². The average molecular weight is 395 g/mol. The lowest BCUT2D eigenvalue weighted by Crippen LogP contribution is -2.69. The lowest BCUT2D eigenvalue weighted by atomic mass is 10.1. The molecule has 1 aliphatic heterocycles. The van der Waals surface area contributed by atoms with E-state index in [1.807, 2.05) is 0 Å². The highest BCUT2D eigenvalue weighted by Crippen LogP contribution is 2.36. The summed E-state index contributed by atoms with van der Waals surface area (Å²) < 4.78 is 55.5. The molecular formula is C18H13F4N3O3. The Morgan fingerprint density at radius 3 is 2.29 bits per heavy atom. The minimum absolute atomic E-state index is 0.0148. The summed E-state index contributed by atoms with van der Waals surface area (Å²) in [6.07, 6.45) is -5.39. The molecule has 146 valence electrons. The molecule has 0 bridgehead atoms. The van der Waals surface area contributed by atoms with E-state index < -0.39 is 41.2 Å². The summed E-state index contributed by atoms with van der Waals surface area (Å²) in [7, 11) is 0. The predicted molar refractivity (Wildman–Crippen MR) is 89.8 cm³/mol. The van der Waals surface area contributed by atoms with E-state index in [1.54, 1.807) is 11.4 Å². The van der Waals surface area contributed by atoms with Crippen LogP contribution in [-0.4, -0.2) is 29.7 Å². The van der Waals surface area contributed by atoms with Crippen molar-refractivity contribution in [3.8, 4) is 0 Å². The number of halogens is 4. The Balaban J connectivity index is 2.05. The van der Waals surface area contributed by atoms with Crippen LogP contribution in [0.5, 0.6) is 0 Å². The van der Waals surface area contributed by atoms with Crippen LogP contribution in [0.4, 0.5) is 28.0 Å². The van der Waals surface area contributed by atoms with Crippen molar-refractivity contribution in [2.75, 3.05) is 4.90 Å². The second-order valence-electron chi connectivity index (χ2n) is 6.04. The maximum Gasteiger partial charge on any atom is 0.440 e. The number of anilines is 1. The van der Waals surface area contributed by atoms with Gasteiger partial charge >= 0.3 is 12.2 Å². The van der Waals surface area contributed by atoms with Gasteiger partial charge in [0.1, 0.15) is 5.82 Å². The molecule has 0 radical (unpaired) electrons. The molecule has 1 heterocycles. The number of carbonyl (C=O) groups is 3. The van der Waals surface area contributed by atoms with Crippen molar-refractivity contribution in [1.29, 1.82) is 0 Å². The van der Waals surface area contributed by atoms with Gasteiger partial charge in [0.2, 0.25) is 0 Å². The fourth-order valence-corrected chi connectivity index (χ4v) is 2.79. The van der Waals surface area contributed by atoms with E-state index in [9.17, 15) is 31.9 Å². The number of hydrogen-bond donors (Lipinski definition) is 2. The van der Waals surface area contributed by atoms with Crippen molar-refractivity contribution in [2.45, 2.75) is 18.8 Å². The third kappa shape index (κ3) is 2.96. The number of hydrogen-bond acceptors (Lipinski definition) is 3. The van der Waals surface area contributed by atoms with Crippen LogP contribution in [0.25, 0.3) is 0 Å². The topological polar surface area (TPSA) is 78.5 Å². The Kier molecular flexibility index (Phi) is 4.58. The molecule has 1 aliphatic rings. The van der Waals surface area contributed by atoms with E-state index in [1.165, 1.54) is 42.6 Å². The molecule has 0 saturated carbocycles. The number of nitrogens with zero attached hydrogens (tertiary/aromatic N) is 1. The fraction of sp³-hybridized carbons (Fsp3) is 0.167. The van der Waals surface area contributed by atoms with E-state index in [2.05, 4.69) is 0 Å². The molecule has 1 fully saturated rings. The SMILES string of the molecule is Cc1ccccc1C(=O)N[C@@]1(C(F)(F)F)NC(=O)N(c2ccccc2F)C1=O. The van der Waals surface area contributed by atoms with Crippen LogP contribution in [0.1, 0.15) is 15.9 Å². The van der Waals surface area contributed by atoms with E-state index in [0.29, 0.717) is 5.56 Å². The minimum Gasteiger partial charge on any atom is -0.314 e. The number of urea groups is 1. The molecule has 10 heteroatoms. The molecule has 0 spiro atoms. The number of rotatable bonds is 3. The summed E-state index contributed by atoms with van der Waals surface area (Å²) in [5, 5.41) is 3.05. The van der Waals surface area contributed by atoms with Crippen LogP contribution in [0.2, 0.25) is 0 Å². The average Bonchev–Trinajstić information content (AvgIpc) is 2.87. The van der Waals surface area contributed by atoms with Crippen molar-refractivity contribution in [2.24, 2.45) is 0 Å². The number of aryl methyl sites for hydroxylation is 1. The first-order valence-corrected chi connectivity index (χ1v) is 7.94. The van der Waals surface area contributed by atoms with Gasteiger partial charge in [-0.25, -0.2) is 14.1 Å². The highest BCUT2D eigenvalue weighted by atomic mass is 19.4. The molecule has 4 amide bonds. The summed E-state index contributed by atoms with van der Waals surface area (Å²) in [6.45, 7) is 1.50. The zero-order valence-electron chi connectivity index (χ0n) is 14.3. The number of para-hydroxylation sites is 1. The van der Waals surface area contributed by atoms with Crippen molar-refractivity contribution >= 4 is 23.5 Å². The highest BCUT2D eigenvalue weighted by Gasteiger charge is 2.69. The molecule has 28 heavy (non-hydrogen) atoms. The molecule has 2 N–H and O–H groups in total. The van der Waals surface area contributed by atoms with Gasteiger partial charge in [0.15, 0.2) is 0 Å². The summed E-state index contributed by atoms with van der Waals surface area (Å²) in [6, 6.07) is 8.61. The first-order chi connectivity index (χ1) is 13.1. The van der Waals surface area contributed by atoms with Gasteiger partial charge in [0.25, 0.3) is 17.5 Å². The highest BCUT2D eigenvalue weighted by molar-refractivity contribution is 6.24. The van der Waals surface area contributed by atoms with Gasteiger partial charge in [-0.05, 0) is 30.7 Å². The molecule has 1 atom stereocenters. The lowest BCUT2D eigenvalue weighted by molar-refractivity contribution is -0.197. The molecule has 0 unspecified atom stereocenters. The normalized spacial score (nSPS) is 19.5. The molecule has 6 nitrogen and oxygen atoms in total. The second-order valence-corrected chi connectivity index (χ2v) is 6.04. The molecule has 3 rings (SSSR count). The molecule has 0 aromatic heterocycles. The van der Waals surface area contributed by atoms with Gasteiger partial charge in [-0.2, -0.15) is 13.2 Å². The largest absolute Gasteiger partial charge is 0.440 e. The van der Waals surface area contributed by atoms with Gasteiger partial charge in [-0.15, -0.1) is 0 Å².